The Morgan fingerprint density at radius 2 is 1.39 bits per heavy atom. The first kappa shape index (κ1) is 18.3. The number of hydrogen-bond acceptors (Lipinski definition) is 4. The van der Waals surface area contributed by atoms with E-state index in [0.717, 1.165) is 16.3 Å². The average molecular weight is 361 g/mol. The van der Waals surface area contributed by atoms with Gasteiger partial charge in [0.25, 0.3) is 10.2 Å². The Labute approximate surface area is 138 Å². The highest BCUT2D eigenvalue weighted by Crippen LogP contribution is 2.19. The summed E-state index contributed by atoms with van der Waals surface area (Å²) >= 11 is 0. The van der Waals surface area contributed by atoms with E-state index in [2.05, 4.69) is 0 Å². The van der Waals surface area contributed by atoms with Gasteiger partial charge in [0.1, 0.15) is 0 Å². The number of rotatable bonds is 5. The van der Waals surface area contributed by atoms with Gasteiger partial charge in [-0.25, -0.2) is 8.42 Å². The second kappa shape index (κ2) is 6.86. The van der Waals surface area contributed by atoms with Crippen LogP contribution in [0.2, 0.25) is 0 Å². The van der Waals surface area contributed by atoms with E-state index in [9.17, 15) is 16.8 Å². The highest BCUT2D eigenvalue weighted by Gasteiger charge is 2.33. The van der Waals surface area contributed by atoms with Crippen LogP contribution in [-0.4, -0.2) is 70.0 Å². The quantitative estimate of drug-likeness (QED) is 0.759. The molecule has 1 saturated heterocycles. The van der Waals surface area contributed by atoms with Gasteiger partial charge in [-0.3, -0.25) is 0 Å². The highest BCUT2D eigenvalue weighted by atomic mass is 32.2. The summed E-state index contributed by atoms with van der Waals surface area (Å²) in [6.07, 6.45) is 0.849. The van der Waals surface area contributed by atoms with Crippen LogP contribution in [0.5, 0.6) is 0 Å². The van der Waals surface area contributed by atoms with Crippen molar-refractivity contribution < 1.29 is 16.8 Å². The molecule has 9 heteroatoms. The molecule has 0 spiro atoms. The molecule has 0 radical (unpaired) electrons. The maximum absolute atomic E-state index is 12.6. The molecule has 0 bridgehead atoms. The SMILES string of the molecule is CCc1ccc(S(=O)(=O)N2CCN(S(=O)(=O)N(C)C)CC2)cc1. The molecule has 23 heavy (non-hydrogen) atoms. The Morgan fingerprint density at radius 1 is 0.913 bits per heavy atom. The lowest BCUT2D eigenvalue weighted by Gasteiger charge is -2.34. The van der Waals surface area contributed by atoms with E-state index in [1.807, 2.05) is 6.92 Å². The summed E-state index contributed by atoms with van der Waals surface area (Å²) in [5.74, 6) is 0. The topological polar surface area (TPSA) is 78.0 Å². The van der Waals surface area contributed by atoms with Crippen molar-refractivity contribution in [3.63, 3.8) is 0 Å². The van der Waals surface area contributed by atoms with Crippen LogP contribution in [0.15, 0.2) is 29.2 Å². The number of aryl methyl sites for hydroxylation is 1. The van der Waals surface area contributed by atoms with Crippen LogP contribution in [0.3, 0.4) is 0 Å². The monoisotopic (exact) mass is 361 g/mol. The molecule has 0 aliphatic carbocycles. The van der Waals surface area contributed by atoms with Gasteiger partial charge in [-0.1, -0.05) is 19.1 Å². The van der Waals surface area contributed by atoms with E-state index in [1.165, 1.54) is 22.7 Å². The van der Waals surface area contributed by atoms with E-state index in [4.69, 9.17) is 0 Å². The fraction of sp³-hybridized carbons (Fsp3) is 0.571. The van der Waals surface area contributed by atoms with Crippen LogP contribution in [0.25, 0.3) is 0 Å². The lowest BCUT2D eigenvalue weighted by molar-refractivity contribution is 0.262. The molecular weight excluding hydrogens is 338 g/mol. The third kappa shape index (κ3) is 3.74. The first-order valence-corrected chi connectivity index (χ1v) is 10.3. The molecular formula is C14H23N3O4S2. The molecule has 1 fully saturated rings. The first-order chi connectivity index (χ1) is 10.7. The summed E-state index contributed by atoms with van der Waals surface area (Å²) in [5.41, 5.74) is 1.07. The van der Waals surface area contributed by atoms with Crippen molar-refractivity contribution in [1.82, 2.24) is 12.9 Å². The van der Waals surface area contributed by atoms with E-state index in [0.29, 0.717) is 0 Å². The Morgan fingerprint density at radius 3 is 1.83 bits per heavy atom. The summed E-state index contributed by atoms with van der Waals surface area (Å²) in [5, 5.41) is 0. The van der Waals surface area contributed by atoms with Crippen LogP contribution in [-0.2, 0) is 26.7 Å². The second-order valence-corrected chi connectivity index (χ2v) is 9.67. The summed E-state index contributed by atoms with van der Waals surface area (Å²) < 4.78 is 53.2. The largest absolute Gasteiger partial charge is 0.281 e. The van der Waals surface area contributed by atoms with Crippen LogP contribution >= 0.6 is 0 Å². The predicted octanol–water partition coefficient (Wildman–Crippen LogP) is 0.362. The zero-order valence-electron chi connectivity index (χ0n) is 13.6. The smallest absolute Gasteiger partial charge is 0.207 e. The zero-order valence-corrected chi connectivity index (χ0v) is 15.3. The van der Waals surface area contributed by atoms with Crippen LogP contribution in [0, 0.1) is 0 Å². The maximum Gasteiger partial charge on any atom is 0.281 e. The van der Waals surface area contributed by atoms with Crippen LogP contribution < -0.4 is 0 Å². The van der Waals surface area contributed by atoms with Gasteiger partial charge in [-0.15, -0.1) is 0 Å². The Balaban J connectivity index is 2.12. The van der Waals surface area contributed by atoms with E-state index < -0.39 is 20.2 Å². The molecule has 7 nitrogen and oxygen atoms in total. The van der Waals surface area contributed by atoms with Crippen molar-refractivity contribution in [2.45, 2.75) is 18.2 Å². The molecule has 1 aliphatic heterocycles. The summed E-state index contributed by atoms with van der Waals surface area (Å²) in [4.78, 5) is 0.249. The second-order valence-electron chi connectivity index (χ2n) is 5.59. The molecule has 0 atom stereocenters. The fourth-order valence-electron chi connectivity index (χ4n) is 2.42. The molecule has 130 valence electrons. The van der Waals surface area contributed by atoms with Crippen molar-refractivity contribution in [3.05, 3.63) is 29.8 Å². The zero-order chi connectivity index (χ0) is 17.3. The molecule has 1 heterocycles. The number of benzene rings is 1. The lowest BCUT2D eigenvalue weighted by Crippen LogP contribution is -2.52. The summed E-state index contributed by atoms with van der Waals surface area (Å²) in [6.45, 7) is 2.64. The molecule has 1 aromatic rings. The van der Waals surface area contributed by atoms with Crippen molar-refractivity contribution in [1.29, 1.82) is 0 Å². The average Bonchev–Trinajstić information content (AvgIpc) is 2.54. The number of piperazine rings is 1. The van der Waals surface area contributed by atoms with Gasteiger partial charge in [-0.2, -0.15) is 21.3 Å². The molecule has 0 amide bonds. The van der Waals surface area contributed by atoms with Gasteiger partial charge >= 0.3 is 0 Å². The lowest BCUT2D eigenvalue weighted by atomic mass is 10.2. The van der Waals surface area contributed by atoms with Gasteiger partial charge in [0.05, 0.1) is 4.90 Å². The first-order valence-electron chi connectivity index (χ1n) is 7.46. The molecule has 1 aromatic carbocycles. The summed E-state index contributed by atoms with van der Waals surface area (Å²) in [6, 6.07) is 6.83. The Kier molecular flexibility index (Phi) is 5.47. The number of sulfonamides is 1. The third-order valence-corrected chi connectivity index (χ3v) is 7.81. The van der Waals surface area contributed by atoms with Crippen molar-refractivity contribution in [2.24, 2.45) is 0 Å². The van der Waals surface area contributed by atoms with E-state index in [1.54, 1.807) is 24.3 Å². The molecule has 0 unspecified atom stereocenters. The van der Waals surface area contributed by atoms with Crippen molar-refractivity contribution in [3.8, 4) is 0 Å². The van der Waals surface area contributed by atoms with Gasteiger partial charge < -0.3 is 0 Å². The minimum absolute atomic E-state index is 0.158. The third-order valence-electron chi connectivity index (χ3n) is 3.95. The Bertz CT molecular complexity index is 735. The standard InChI is InChI=1S/C14H23N3O4S2/c1-4-13-5-7-14(8-6-13)22(18,19)16-9-11-17(12-10-16)23(20,21)15(2)3/h5-8H,4,9-12H2,1-3H3. The van der Waals surface area contributed by atoms with Gasteiger partial charge in [-0.05, 0) is 24.1 Å². The van der Waals surface area contributed by atoms with Crippen molar-refractivity contribution >= 4 is 20.2 Å². The van der Waals surface area contributed by atoms with Gasteiger partial charge in [0, 0.05) is 40.3 Å². The highest BCUT2D eigenvalue weighted by molar-refractivity contribution is 7.89. The van der Waals surface area contributed by atoms with Gasteiger partial charge in [0.2, 0.25) is 10.0 Å². The van der Waals surface area contributed by atoms with E-state index >= 15 is 0 Å². The van der Waals surface area contributed by atoms with Gasteiger partial charge in [0.15, 0.2) is 0 Å². The molecule has 0 aromatic heterocycles. The summed E-state index contributed by atoms with van der Waals surface area (Å²) in [7, 11) is -4.14. The maximum atomic E-state index is 12.6. The normalized spacial score (nSPS) is 18.4. The minimum atomic E-state index is -3.58. The molecule has 0 N–H and O–H groups in total. The number of nitrogens with zero attached hydrogens (tertiary/aromatic N) is 3. The predicted molar refractivity (Wildman–Crippen MR) is 88.8 cm³/mol. The van der Waals surface area contributed by atoms with Crippen LogP contribution in [0.1, 0.15) is 12.5 Å². The minimum Gasteiger partial charge on any atom is -0.207 e. The van der Waals surface area contributed by atoms with E-state index in [-0.39, 0.29) is 31.1 Å². The van der Waals surface area contributed by atoms with Crippen molar-refractivity contribution in [2.75, 3.05) is 40.3 Å². The fourth-order valence-corrected chi connectivity index (χ4v) is 4.93. The molecule has 0 saturated carbocycles. The van der Waals surface area contributed by atoms with Crippen LogP contribution in [0.4, 0.5) is 0 Å². The molecule has 1 aliphatic rings. The number of hydrogen-bond donors (Lipinski definition) is 0. The molecule has 2 rings (SSSR count). The Hall–Kier alpha value is -1.00.